The summed E-state index contributed by atoms with van der Waals surface area (Å²) >= 11 is 0. The van der Waals surface area contributed by atoms with Crippen molar-refractivity contribution in [3.63, 3.8) is 0 Å². The summed E-state index contributed by atoms with van der Waals surface area (Å²) < 4.78 is 0. The highest BCUT2D eigenvalue weighted by molar-refractivity contribution is 6.02. The highest BCUT2D eigenvalue weighted by atomic mass is 16.2. The molecule has 0 aromatic carbocycles. The monoisotopic (exact) mass is 169 g/mol. The SMILES string of the molecule is O=C1CN(C2CCCN2)C(=O)N1. The van der Waals surface area contributed by atoms with Crippen LogP contribution in [-0.2, 0) is 4.79 Å². The van der Waals surface area contributed by atoms with Crippen molar-refractivity contribution in [2.24, 2.45) is 0 Å². The number of hydrogen-bond acceptors (Lipinski definition) is 3. The van der Waals surface area contributed by atoms with Gasteiger partial charge >= 0.3 is 6.03 Å². The molecule has 2 heterocycles. The van der Waals surface area contributed by atoms with Crippen LogP contribution in [0.5, 0.6) is 0 Å². The van der Waals surface area contributed by atoms with Gasteiger partial charge in [0, 0.05) is 0 Å². The first kappa shape index (κ1) is 7.54. The normalized spacial score (nSPS) is 29.7. The highest BCUT2D eigenvalue weighted by Crippen LogP contribution is 2.12. The van der Waals surface area contributed by atoms with E-state index in [0.29, 0.717) is 0 Å². The maximum atomic E-state index is 11.1. The second-order valence-electron chi connectivity index (χ2n) is 3.09. The number of urea groups is 1. The molecule has 0 radical (unpaired) electrons. The summed E-state index contributed by atoms with van der Waals surface area (Å²) in [6.07, 6.45) is 2.08. The van der Waals surface area contributed by atoms with Gasteiger partial charge in [0.05, 0.1) is 6.17 Å². The van der Waals surface area contributed by atoms with Crippen LogP contribution in [0.25, 0.3) is 0 Å². The molecule has 5 heteroatoms. The van der Waals surface area contributed by atoms with Crippen LogP contribution in [-0.4, -0.2) is 36.1 Å². The molecule has 2 aliphatic heterocycles. The fourth-order valence-corrected chi connectivity index (χ4v) is 1.64. The average molecular weight is 169 g/mol. The minimum atomic E-state index is -0.264. The van der Waals surface area contributed by atoms with Crippen molar-refractivity contribution in [1.82, 2.24) is 15.5 Å². The lowest BCUT2D eigenvalue weighted by molar-refractivity contribution is -0.118. The molecule has 0 aliphatic carbocycles. The van der Waals surface area contributed by atoms with Crippen molar-refractivity contribution >= 4 is 11.9 Å². The van der Waals surface area contributed by atoms with Crippen LogP contribution in [0.3, 0.4) is 0 Å². The summed E-state index contributed by atoms with van der Waals surface area (Å²) in [6, 6.07) is -0.264. The fourth-order valence-electron chi connectivity index (χ4n) is 1.64. The predicted octanol–water partition coefficient (Wildman–Crippen LogP) is -0.752. The number of carbonyl (C=O) groups excluding carboxylic acids is 2. The number of imide groups is 1. The Morgan fingerprint density at radius 1 is 1.42 bits per heavy atom. The quantitative estimate of drug-likeness (QED) is 0.507. The Labute approximate surface area is 70.1 Å². The first-order valence-corrected chi connectivity index (χ1v) is 4.11. The lowest BCUT2D eigenvalue weighted by Gasteiger charge is -2.20. The van der Waals surface area contributed by atoms with Gasteiger partial charge in [-0.3, -0.25) is 20.3 Å². The van der Waals surface area contributed by atoms with E-state index in [1.165, 1.54) is 0 Å². The lowest BCUT2D eigenvalue weighted by Crippen LogP contribution is -2.43. The van der Waals surface area contributed by atoms with Crippen molar-refractivity contribution in [2.45, 2.75) is 19.0 Å². The zero-order chi connectivity index (χ0) is 8.55. The van der Waals surface area contributed by atoms with Gasteiger partial charge in [-0.15, -0.1) is 0 Å². The van der Waals surface area contributed by atoms with Crippen LogP contribution in [0.2, 0.25) is 0 Å². The minimum Gasteiger partial charge on any atom is -0.300 e. The van der Waals surface area contributed by atoms with Gasteiger partial charge in [0.15, 0.2) is 0 Å². The lowest BCUT2D eigenvalue weighted by atomic mass is 10.3. The molecule has 0 saturated carbocycles. The number of nitrogens with zero attached hydrogens (tertiary/aromatic N) is 1. The maximum absolute atomic E-state index is 11.1. The number of rotatable bonds is 1. The van der Waals surface area contributed by atoms with Crippen molar-refractivity contribution in [2.75, 3.05) is 13.1 Å². The van der Waals surface area contributed by atoms with E-state index in [1.807, 2.05) is 0 Å². The predicted molar refractivity (Wildman–Crippen MR) is 41.3 cm³/mol. The topological polar surface area (TPSA) is 61.4 Å². The molecule has 1 unspecified atom stereocenters. The molecule has 12 heavy (non-hydrogen) atoms. The molecule has 2 aliphatic rings. The summed E-state index contributed by atoms with van der Waals surface area (Å²) in [4.78, 5) is 23.5. The van der Waals surface area contributed by atoms with Crippen molar-refractivity contribution in [3.05, 3.63) is 0 Å². The molecule has 0 spiro atoms. The third kappa shape index (κ3) is 1.16. The zero-order valence-electron chi connectivity index (χ0n) is 6.67. The van der Waals surface area contributed by atoms with Gasteiger partial charge in [0.1, 0.15) is 6.54 Å². The van der Waals surface area contributed by atoms with Crippen LogP contribution in [0.4, 0.5) is 4.79 Å². The van der Waals surface area contributed by atoms with Crippen molar-refractivity contribution in [3.8, 4) is 0 Å². The molecule has 3 amide bonds. The first-order chi connectivity index (χ1) is 5.77. The van der Waals surface area contributed by atoms with Crippen LogP contribution >= 0.6 is 0 Å². The van der Waals surface area contributed by atoms with Gasteiger partial charge < -0.3 is 0 Å². The first-order valence-electron chi connectivity index (χ1n) is 4.11. The van der Waals surface area contributed by atoms with E-state index >= 15 is 0 Å². The molecule has 0 bridgehead atoms. The summed E-state index contributed by atoms with van der Waals surface area (Å²) in [5, 5.41) is 5.41. The smallest absolute Gasteiger partial charge is 0.300 e. The molecule has 2 N–H and O–H groups in total. The second kappa shape index (κ2) is 2.75. The molecule has 2 fully saturated rings. The molecular weight excluding hydrogens is 158 g/mol. The van der Waals surface area contributed by atoms with Crippen molar-refractivity contribution < 1.29 is 9.59 Å². The standard InChI is InChI=1S/C7H11N3O2/c11-6-4-10(7(12)9-6)5-2-1-3-8-5/h5,8H,1-4H2,(H,9,11,12). The van der Waals surface area contributed by atoms with Crippen LogP contribution < -0.4 is 10.6 Å². The molecule has 5 nitrogen and oxygen atoms in total. The van der Waals surface area contributed by atoms with Crippen LogP contribution in [0, 0.1) is 0 Å². The van der Waals surface area contributed by atoms with E-state index in [2.05, 4.69) is 10.6 Å². The zero-order valence-corrected chi connectivity index (χ0v) is 6.67. The fraction of sp³-hybridized carbons (Fsp3) is 0.714. The molecule has 1 atom stereocenters. The van der Waals surface area contributed by atoms with Gasteiger partial charge in [-0.05, 0) is 19.4 Å². The second-order valence-corrected chi connectivity index (χ2v) is 3.09. The Kier molecular flexibility index (Phi) is 1.73. The molecule has 2 saturated heterocycles. The van der Waals surface area contributed by atoms with Crippen LogP contribution in [0.1, 0.15) is 12.8 Å². The number of carbonyl (C=O) groups is 2. The summed E-state index contributed by atoms with van der Waals surface area (Å²) in [5.74, 6) is -0.200. The number of amides is 3. The highest BCUT2D eigenvalue weighted by Gasteiger charge is 2.33. The Morgan fingerprint density at radius 3 is 2.75 bits per heavy atom. The number of hydrogen-bond donors (Lipinski definition) is 2. The van der Waals surface area contributed by atoms with E-state index in [-0.39, 0.29) is 24.6 Å². The molecular formula is C7H11N3O2. The van der Waals surface area contributed by atoms with E-state index in [0.717, 1.165) is 19.4 Å². The minimum absolute atomic E-state index is 0.0662. The summed E-state index contributed by atoms with van der Waals surface area (Å²) in [5.41, 5.74) is 0. The molecule has 66 valence electrons. The Balaban J connectivity index is 2.03. The van der Waals surface area contributed by atoms with E-state index in [4.69, 9.17) is 0 Å². The van der Waals surface area contributed by atoms with Gasteiger partial charge in [0.25, 0.3) is 0 Å². The van der Waals surface area contributed by atoms with Gasteiger partial charge in [-0.25, -0.2) is 4.79 Å². The molecule has 0 aromatic heterocycles. The van der Waals surface area contributed by atoms with Gasteiger partial charge in [0.2, 0.25) is 5.91 Å². The largest absolute Gasteiger partial charge is 0.325 e. The Bertz CT molecular complexity index is 223. The van der Waals surface area contributed by atoms with Crippen molar-refractivity contribution in [1.29, 1.82) is 0 Å². The van der Waals surface area contributed by atoms with Gasteiger partial charge in [-0.1, -0.05) is 0 Å². The summed E-state index contributed by atoms with van der Waals surface area (Å²) in [6.45, 7) is 1.14. The van der Waals surface area contributed by atoms with Gasteiger partial charge in [-0.2, -0.15) is 0 Å². The van der Waals surface area contributed by atoms with E-state index in [9.17, 15) is 9.59 Å². The van der Waals surface area contributed by atoms with E-state index < -0.39 is 0 Å². The summed E-state index contributed by atoms with van der Waals surface area (Å²) in [7, 11) is 0. The maximum Gasteiger partial charge on any atom is 0.325 e. The Hall–Kier alpha value is -1.10. The average Bonchev–Trinajstić information content (AvgIpc) is 2.58. The van der Waals surface area contributed by atoms with Crippen LogP contribution in [0.15, 0.2) is 0 Å². The third-order valence-corrected chi connectivity index (χ3v) is 2.23. The third-order valence-electron chi connectivity index (χ3n) is 2.23. The Morgan fingerprint density at radius 2 is 2.25 bits per heavy atom. The van der Waals surface area contributed by atoms with E-state index in [1.54, 1.807) is 4.90 Å². The number of nitrogens with one attached hydrogen (secondary N) is 2. The molecule has 0 aromatic rings. The molecule has 2 rings (SSSR count).